The van der Waals surface area contributed by atoms with Gasteiger partial charge in [-0.3, -0.25) is 9.48 Å². The molecular formula is C24H33F3N6O. The third-order valence-corrected chi connectivity index (χ3v) is 7.07. The number of hydrogen-bond acceptors (Lipinski definition) is 5. The SMILES string of the molecule is Cc1nc(NCC2CCC(Cn3cc(C(F)(F)F)cn3)CC2)cc2c1NC(=O)[C@H](C(C)C)N2C. The largest absolute Gasteiger partial charge is 0.419 e. The number of nitrogens with zero attached hydrogens (tertiary/aromatic N) is 4. The van der Waals surface area contributed by atoms with E-state index in [1.165, 1.54) is 4.68 Å². The molecular weight excluding hydrogens is 445 g/mol. The van der Waals surface area contributed by atoms with Crippen molar-refractivity contribution < 1.29 is 18.0 Å². The standard InChI is InChI=1S/C24H33F3N6O/c1-14(2)22-23(34)31-21-15(3)30-20(9-19(21)32(22)4)28-10-16-5-7-17(8-6-16)12-33-13-18(11-29-33)24(25,26)27/h9,11,13-14,16-17,22H,5-8,10,12H2,1-4H3,(H,28,30)(H,31,34)/t16?,17?,22-/m0/s1. The second-order valence-electron chi connectivity index (χ2n) is 9.99. The van der Waals surface area contributed by atoms with E-state index in [-0.39, 0.29) is 17.9 Å². The molecule has 0 radical (unpaired) electrons. The number of pyridine rings is 1. The minimum Gasteiger partial charge on any atom is -0.370 e. The van der Waals surface area contributed by atoms with Gasteiger partial charge in [0.25, 0.3) is 0 Å². The molecule has 0 aromatic carbocycles. The molecule has 2 aromatic rings. The van der Waals surface area contributed by atoms with Crippen molar-refractivity contribution in [2.75, 3.05) is 29.1 Å². The first-order valence-corrected chi connectivity index (χ1v) is 11.9. The minimum absolute atomic E-state index is 0.00268. The summed E-state index contributed by atoms with van der Waals surface area (Å²) < 4.78 is 39.8. The number of alkyl halides is 3. The van der Waals surface area contributed by atoms with E-state index >= 15 is 0 Å². The fourth-order valence-electron chi connectivity index (χ4n) is 5.19. The smallest absolute Gasteiger partial charge is 0.370 e. The average Bonchev–Trinajstić information content (AvgIpc) is 3.23. The lowest BCUT2D eigenvalue weighted by molar-refractivity contribution is -0.137. The van der Waals surface area contributed by atoms with Crippen LogP contribution in [-0.4, -0.2) is 40.3 Å². The third-order valence-electron chi connectivity index (χ3n) is 7.07. The monoisotopic (exact) mass is 478 g/mol. The first-order chi connectivity index (χ1) is 16.0. The fourth-order valence-corrected chi connectivity index (χ4v) is 5.19. The lowest BCUT2D eigenvalue weighted by Gasteiger charge is -2.38. The quantitative estimate of drug-likeness (QED) is 0.615. The molecule has 0 bridgehead atoms. The van der Waals surface area contributed by atoms with Crippen LogP contribution in [0.1, 0.15) is 50.8 Å². The molecule has 4 rings (SSSR count). The van der Waals surface area contributed by atoms with Crippen LogP contribution >= 0.6 is 0 Å². The Bertz CT molecular complexity index is 1030. The summed E-state index contributed by atoms with van der Waals surface area (Å²) in [6.45, 7) is 7.30. The first kappa shape index (κ1) is 24.3. The van der Waals surface area contributed by atoms with Gasteiger partial charge in [-0.15, -0.1) is 0 Å². The Hall–Kier alpha value is -2.78. The number of aromatic nitrogens is 3. The number of aryl methyl sites for hydroxylation is 1. The number of carbonyl (C=O) groups excluding carboxylic acids is 1. The van der Waals surface area contributed by atoms with Crippen LogP contribution in [0, 0.1) is 24.7 Å². The molecule has 1 aliphatic heterocycles. The van der Waals surface area contributed by atoms with Crippen molar-refractivity contribution in [1.82, 2.24) is 14.8 Å². The molecule has 2 aliphatic rings. The van der Waals surface area contributed by atoms with E-state index in [0.29, 0.717) is 18.4 Å². The average molecular weight is 479 g/mol. The Kier molecular flexibility index (Phi) is 6.78. The maximum Gasteiger partial charge on any atom is 0.419 e. The predicted molar refractivity (Wildman–Crippen MR) is 126 cm³/mol. The van der Waals surface area contributed by atoms with E-state index in [9.17, 15) is 18.0 Å². The van der Waals surface area contributed by atoms with Crippen LogP contribution in [-0.2, 0) is 17.5 Å². The predicted octanol–water partition coefficient (Wildman–Crippen LogP) is 4.94. The number of likely N-dealkylation sites (N-methyl/N-ethyl adjacent to an activating group) is 1. The van der Waals surface area contributed by atoms with Gasteiger partial charge in [-0.1, -0.05) is 13.8 Å². The second kappa shape index (κ2) is 9.46. The van der Waals surface area contributed by atoms with Crippen LogP contribution in [0.3, 0.4) is 0 Å². The van der Waals surface area contributed by atoms with Gasteiger partial charge < -0.3 is 15.5 Å². The minimum atomic E-state index is -4.35. The molecule has 1 saturated carbocycles. The summed E-state index contributed by atoms with van der Waals surface area (Å²) in [5.74, 6) is 1.79. The van der Waals surface area contributed by atoms with Crippen LogP contribution in [0.15, 0.2) is 18.5 Å². The van der Waals surface area contributed by atoms with Gasteiger partial charge in [-0.05, 0) is 50.4 Å². The Morgan fingerprint density at radius 2 is 1.88 bits per heavy atom. The molecule has 34 heavy (non-hydrogen) atoms. The first-order valence-electron chi connectivity index (χ1n) is 11.9. The van der Waals surface area contributed by atoms with E-state index in [1.807, 2.05) is 38.8 Å². The lowest BCUT2D eigenvalue weighted by Crippen LogP contribution is -2.49. The number of anilines is 3. The molecule has 186 valence electrons. The molecule has 10 heteroatoms. The number of hydrogen-bond donors (Lipinski definition) is 2. The topological polar surface area (TPSA) is 75.1 Å². The molecule has 1 atom stereocenters. The number of halogens is 3. The van der Waals surface area contributed by atoms with Crippen LogP contribution in [0.2, 0.25) is 0 Å². The molecule has 1 fully saturated rings. The summed E-state index contributed by atoms with van der Waals surface area (Å²) >= 11 is 0. The van der Waals surface area contributed by atoms with Crippen LogP contribution in [0.5, 0.6) is 0 Å². The van der Waals surface area contributed by atoms with Crippen molar-refractivity contribution in [3.63, 3.8) is 0 Å². The number of nitrogens with one attached hydrogen (secondary N) is 2. The number of fused-ring (bicyclic) bond motifs is 1. The number of rotatable bonds is 6. The molecule has 2 aromatic heterocycles. The molecule has 7 nitrogen and oxygen atoms in total. The van der Waals surface area contributed by atoms with E-state index in [2.05, 4.69) is 20.7 Å². The second-order valence-corrected chi connectivity index (χ2v) is 9.99. The Labute approximate surface area is 198 Å². The molecule has 0 saturated heterocycles. The maximum atomic E-state index is 12.8. The van der Waals surface area contributed by atoms with E-state index < -0.39 is 11.7 Å². The van der Waals surface area contributed by atoms with Gasteiger partial charge in [0, 0.05) is 32.4 Å². The van der Waals surface area contributed by atoms with Crippen molar-refractivity contribution >= 4 is 23.1 Å². The fraction of sp³-hybridized carbons (Fsp3) is 0.625. The zero-order chi connectivity index (χ0) is 24.6. The summed E-state index contributed by atoms with van der Waals surface area (Å²) in [5.41, 5.74) is 1.82. The van der Waals surface area contributed by atoms with Gasteiger partial charge in [0.2, 0.25) is 5.91 Å². The van der Waals surface area contributed by atoms with Crippen molar-refractivity contribution in [2.45, 2.75) is 65.2 Å². The van der Waals surface area contributed by atoms with Gasteiger partial charge in [0.05, 0.1) is 28.8 Å². The summed E-state index contributed by atoms with van der Waals surface area (Å²) in [6, 6.07) is 1.78. The highest BCUT2D eigenvalue weighted by molar-refractivity contribution is 6.04. The molecule has 1 amide bonds. The zero-order valence-electron chi connectivity index (χ0n) is 20.1. The van der Waals surface area contributed by atoms with Crippen molar-refractivity contribution in [3.8, 4) is 0 Å². The Morgan fingerprint density at radius 1 is 1.21 bits per heavy atom. The van der Waals surface area contributed by atoms with E-state index in [4.69, 9.17) is 0 Å². The van der Waals surface area contributed by atoms with Gasteiger partial charge in [-0.2, -0.15) is 18.3 Å². The zero-order valence-corrected chi connectivity index (χ0v) is 20.1. The molecule has 0 spiro atoms. The Morgan fingerprint density at radius 3 is 2.50 bits per heavy atom. The Balaban J connectivity index is 1.32. The van der Waals surface area contributed by atoms with Crippen LogP contribution < -0.4 is 15.5 Å². The van der Waals surface area contributed by atoms with Crippen LogP contribution in [0.4, 0.5) is 30.4 Å². The lowest BCUT2D eigenvalue weighted by atomic mass is 9.82. The van der Waals surface area contributed by atoms with E-state index in [1.54, 1.807) is 0 Å². The van der Waals surface area contributed by atoms with Gasteiger partial charge in [0.1, 0.15) is 11.9 Å². The summed E-state index contributed by atoms with van der Waals surface area (Å²) in [6.07, 6.45) is 1.61. The summed E-state index contributed by atoms with van der Waals surface area (Å²) in [5, 5.41) is 10.4. The molecule has 3 heterocycles. The third kappa shape index (κ3) is 5.15. The highest BCUT2D eigenvalue weighted by Gasteiger charge is 2.35. The highest BCUT2D eigenvalue weighted by atomic mass is 19.4. The molecule has 0 unspecified atom stereocenters. The summed E-state index contributed by atoms with van der Waals surface area (Å²) in [4.78, 5) is 19.2. The van der Waals surface area contributed by atoms with Crippen LogP contribution in [0.25, 0.3) is 0 Å². The normalized spacial score (nSPS) is 23.1. The molecule has 2 N–H and O–H groups in total. The van der Waals surface area contributed by atoms with Gasteiger partial charge in [-0.25, -0.2) is 4.98 Å². The van der Waals surface area contributed by atoms with Crippen molar-refractivity contribution in [1.29, 1.82) is 0 Å². The van der Waals surface area contributed by atoms with Crippen molar-refractivity contribution in [3.05, 3.63) is 29.7 Å². The van der Waals surface area contributed by atoms with E-state index in [0.717, 1.165) is 67.5 Å². The number of amides is 1. The highest BCUT2D eigenvalue weighted by Crippen LogP contribution is 2.37. The molecule has 1 aliphatic carbocycles. The van der Waals surface area contributed by atoms with Gasteiger partial charge >= 0.3 is 6.18 Å². The summed E-state index contributed by atoms with van der Waals surface area (Å²) in [7, 11) is 1.95. The number of carbonyl (C=O) groups is 1. The van der Waals surface area contributed by atoms with Crippen molar-refractivity contribution in [2.24, 2.45) is 17.8 Å². The maximum absolute atomic E-state index is 12.8. The van der Waals surface area contributed by atoms with Gasteiger partial charge in [0.15, 0.2) is 0 Å².